The molecule has 0 bridgehead atoms. The highest BCUT2D eigenvalue weighted by Gasteiger charge is 2.09. The second kappa shape index (κ2) is 7.01. The number of ether oxygens (including phenoxy) is 1. The van der Waals surface area contributed by atoms with Crippen molar-refractivity contribution in [1.82, 2.24) is 4.90 Å². The highest BCUT2D eigenvalue weighted by molar-refractivity contribution is 7.07. The summed E-state index contributed by atoms with van der Waals surface area (Å²) >= 11 is 1.70. The third kappa shape index (κ3) is 5.61. The van der Waals surface area contributed by atoms with Crippen LogP contribution in [0.1, 0.15) is 19.4 Å². The van der Waals surface area contributed by atoms with Crippen LogP contribution in [0.4, 0.5) is 0 Å². The highest BCUT2D eigenvalue weighted by atomic mass is 32.1. The molecule has 1 aromatic heterocycles. The van der Waals surface area contributed by atoms with Crippen molar-refractivity contribution in [2.24, 2.45) is 0 Å². The Balaban J connectivity index is 2.20. The van der Waals surface area contributed by atoms with Crippen molar-refractivity contribution in [3.8, 4) is 0 Å². The van der Waals surface area contributed by atoms with Crippen molar-refractivity contribution in [3.05, 3.63) is 22.4 Å². The molecule has 0 spiro atoms. The predicted molar refractivity (Wildman–Crippen MR) is 67.7 cm³/mol. The molecule has 0 amide bonds. The quantitative estimate of drug-likeness (QED) is 0.794. The normalized spacial score (nSPS) is 13.6. The second-order valence-corrected chi connectivity index (χ2v) is 5.14. The molecule has 0 aromatic carbocycles. The molecule has 0 fully saturated rings. The fourth-order valence-electron chi connectivity index (χ4n) is 1.47. The Kier molecular flexibility index (Phi) is 5.98. The molecule has 1 heterocycles. The zero-order valence-electron chi connectivity index (χ0n) is 10.2. The minimum absolute atomic E-state index is 0.178. The van der Waals surface area contributed by atoms with E-state index in [0.717, 1.165) is 6.54 Å². The molecule has 0 unspecified atom stereocenters. The average Bonchev–Trinajstić information content (AvgIpc) is 2.67. The summed E-state index contributed by atoms with van der Waals surface area (Å²) in [4.78, 5) is 2.11. The SMILES string of the molecule is CC(C)OC[C@H](O)CN(C)Cc1ccsc1. The molecule has 1 rings (SSSR count). The van der Waals surface area contributed by atoms with Crippen LogP contribution in [0.5, 0.6) is 0 Å². The Morgan fingerprint density at radius 3 is 2.81 bits per heavy atom. The van der Waals surface area contributed by atoms with Crippen LogP contribution in [-0.2, 0) is 11.3 Å². The number of hydrogen-bond donors (Lipinski definition) is 1. The number of rotatable bonds is 7. The van der Waals surface area contributed by atoms with Crippen LogP contribution in [0.15, 0.2) is 16.8 Å². The van der Waals surface area contributed by atoms with Crippen molar-refractivity contribution in [2.75, 3.05) is 20.2 Å². The lowest BCUT2D eigenvalue weighted by Crippen LogP contribution is -2.32. The van der Waals surface area contributed by atoms with Gasteiger partial charge in [0, 0.05) is 13.1 Å². The van der Waals surface area contributed by atoms with Gasteiger partial charge in [-0.1, -0.05) is 0 Å². The predicted octanol–water partition coefficient (Wildman–Crippen LogP) is 1.97. The van der Waals surface area contributed by atoms with Gasteiger partial charge in [-0.05, 0) is 43.3 Å². The molecule has 1 aromatic rings. The number of aliphatic hydroxyl groups excluding tert-OH is 1. The average molecular weight is 243 g/mol. The Hall–Kier alpha value is -0.420. The lowest BCUT2D eigenvalue weighted by atomic mass is 10.3. The number of aliphatic hydroxyl groups is 1. The largest absolute Gasteiger partial charge is 0.389 e. The minimum Gasteiger partial charge on any atom is -0.389 e. The van der Waals surface area contributed by atoms with Crippen molar-refractivity contribution < 1.29 is 9.84 Å². The van der Waals surface area contributed by atoms with Gasteiger partial charge in [-0.25, -0.2) is 0 Å². The molecule has 0 aliphatic rings. The molecule has 0 aliphatic carbocycles. The summed E-state index contributed by atoms with van der Waals surface area (Å²) in [7, 11) is 2.01. The van der Waals surface area contributed by atoms with E-state index in [9.17, 15) is 5.11 Å². The van der Waals surface area contributed by atoms with Crippen LogP contribution in [0.25, 0.3) is 0 Å². The lowest BCUT2D eigenvalue weighted by Gasteiger charge is -2.20. The van der Waals surface area contributed by atoms with Crippen LogP contribution < -0.4 is 0 Å². The summed E-state index contributed by atoms with van der Waals surface area (Å²) in [6.07, 6.45) is -0.233. The standard InChI is InChI=1S/C12H21NO2S/c1-10(2)15-8-12(14)7-13(3)6-11-4-5-16-9-11/h4-5,9-10,12,14H,6-8H2,1-3H3/t12-/m1/s1. The van der Waals surface area contributed by atoms with Crippen LogP contribution >= 0.6 is 11.3 Å². The summed E-state index contributed by atoms with van der Waals surface area (Å²) in [5, 5.41) is 13.9. The molecule has 3 nitrogen and oxygen atoms in total. The molecule has 1 N–H and O–H groups in total. The number of nitrogens with zero attached hydrogens (tertiary/aromatic N) is 1. The summed E-state index contributed by atoms with van der Waals surface area (Å²) < 4.78 is 5.37. The first kappa shape index (κ1) is 13.6. The molecule has 0 saturated carbocycles. The Labute approximate surface area is 102 Å². The van der Waals surface area contributed by atoms with E-state index in [1.165, 1.54) is 5.56 Å². The first-order valence-electron chi connectivity index (χ1n) is 5.57. The zero-order valence-corrected chi connectivity index (χ0v) is 11.0. The molecule has 92 valence electrons. The van der Waals surface area contributed by atoms with Gasteiger partial charge in [0.05, 0.1) is 18.8 Å². The van der Waals surface area contributed by atoms with E-state index in [0.29, 0.717) is 13.2 Å². The molecular formula is C12H21NO2S. The van der Waals surface area contributed by atoms with Crippen molar-refractivity contribution in [1.29, 1.82) is 0 Å². The van der Waals surface area contributed by atoms with E-state index in [1.807, 2.05) is 20.9 Å². The van der Waals surface area contributed by atoms with Gasteiger partial charge in [-0.15, -0.1) is 0 Å². The van der Waals surface area contributed by atoms with Gasteiger partial charge < -0.3 is 9.84 Å². The van der Waals surface area contributed by atoms with Gasteiger partial charge in [0.15, 0.2) is 0 Å². The van der Waals surface area contributed by atoms with E-state index in [2.05, 4.69) is 21.7 Å². The van der Waals surface area contributed by atoms with E-state index in [4.69, 9.17) is 4.74 Å². The third-order valence-corrected chi connectivity index (χ3v) is 2.91. The highest BCUT2D eigenvalue weighted by Crippen LogP contribution is 2.08. The fourth-order valence-corrected chi connectivity index (χ4v) is 2.13. The smallest absolute Gasteiger partial charge is 0.0900 e. The minimum atomic E-state index is -0.411. The Morgan fingerprint density at radius 2 is 2.25 bits per heavy atom. The van der Waals surface area contributed by atoms with Gasteiger partial charge in [-0.3, -0.25) is 4.90 Å². The number of thiophene rings is 1. The van der Waals surface area contributed by atoms with Crippen LogP contribution in [0, 0.1) is 0 Å². The number of likely N-dealkylation sites (N-methyl/N-ethyl adjacent to an activating group) is 1. The molecule has 0 aliphatic heterocycles. The maximum absolute atomic E-state index is 9.73. The molecule has 1 atom stereocenters. The summed E-state index contributed by atoms with van der Waals surface area (Å²) in [5.41, 5.74) is 1.30. The van der Waals surface area contributed by atoms with E-state index in [-0.39, 0.29) is 6.10 Å². The van der Waals surface area contributed by atoms with Crippen molar-refractivity contribution in [3.63, 3.8) is 0 Å². The second-order valence-electron chi connectivity index (χ2n) is 4.36. The summed E-state index contributed by atoms with van der Waals surface area (Å²) in [6, 6.07) is 2.11. The Morgan fingerprint density at radius 1 is 1.50 bits per heavy atom. The topological polar surface area (TPSA) is 32.7 Å². The monoisotopic (exact) mass is 243 g/mol. The molecule has 0 saturated heterocycles. The maximum Gasteiger partial charge on any atom is 0.0900 e. The maximum atomic E-state index is 9.73. The molecule has 0 radical (unpaired) electrons. The summed E-state index contributed by atoms with van der Waals surface area (Å²) in [5.74, 6) is 0. The van der Waals surface area contributed by atoms with Crippen LogP contribution in [0.2, 0.25) is 0 Å². The van der Waals surface area contributed by atoms with E-state index >= 15 is 0 Å². The van der Waals surface area contributed by atoms with Crippen LogP contribution in [0.3, 0.4) is 0 Å². The van der Waals surface area contributed by atoms with Gasteiger partial charge in [-0.2, -0.15) is 11.3 Å². The fraction of sp³-hybridized carbons (Fsp3) is 0.667. The van der Waals surface area contributed by atoms with Gasteiger partial charge in [0.2, 0.25) is 0 Å². The van der Waals surface area contributed by atoms with Crippen molar-refractivity contribution >= 4 is 11.3 Å². The van der Waals surface area contributed by atoms with Gasteiger partial charge in [0.1, 0.15) is 0 Å². The molecular weight excluding hydrogens is 222 g/mol. The lowest BCUT2D eigenvalue weighted by molar-refractivity contribution is -0.00633. The van der Waals surface area contributed by atoms with Crippen molar-refractivity contribution in [2.45, 2.75) is 32.6 Å². The first-order chi connectivity index (χ1) is 7.58. The van der Waals surface area contributed by atoms with Gasteiger partial charge in [0.25, 0.3) is 0 Å². The third-order valence-electron chi connectivity index (χ3n) is 2.18. The summed E-state index contributed by atoms with van der Waals surface area (Å²) in [6.45, 7) is 5.88. The van der Waals surface area contributed by atoms with E-state index in [1.54, 1.807) is 11.3 Å². The molecule has 16 heavy (non-hydrogen) atoms. The molecule has 4 heteroatoms. The Bertz CT molecular complexity index is 275. The number of hydrogen-bond acceptors (Lipinski definition) is 4. The van der Waals surface area contributed by atoms with E-state index < -0.39 is 6.10 Å². The zero-order chi connectivity index (χ0) is 12.0. The van der Waals surface area contributed by atoms with Gasteiger partial charge >= 0.3 is 0 Å². The first-order valence-corrected chi connectivity index (χ1v) is 6.51. The van der Waals surface area contributed by atoms with Crippen LogP contribution in [-0.4, -0.2) is 42.4 Å².